The standard InChI is InChI=1S/C13H21N5O/c1-3-17(4-2)11-7-9-18(10-11)13(19)15-12-6-5-8-14-16-12/h5-6,8,11H,3-4,7,9-10H2,1-2H3,(H,15,16,19)/t11-/m0/s1. The van der Waals surface area contributed by atoms with Gasteiger partial charge in [0, 0.05) is 25.3 Å². The van der Waals surface area contributed by atoms with Gasteiger partial charge in [-0.3, -0.25) is 10.2 Å². The lowest BCUT2D eigenvalue weighted by Gasteiger charge is -2.26. The first-order valence-electron chi connectivity index (χ1n) is 6.82. The number of anilines is 1. The van der Waals surface area contributed by atoms with Crippen molar-refractivity contribution in [2.75, 3.05) is 31.5 Å². The van der Waals surface area contributed by atoms with Gasteiger partial charge in [-0.1, -0.05) is 13.8 Å². The minimum Gasteiger partial charge on any atom is -0.323 e. The Morgan fingerprint density at radius 1 is 1.53 bits per heavy atom. The molecule has 1 aromatic rings. The van der Waals surface area contributed by atoms with Crippen LogP contribution in [0.2, 0.25) is 0 Å². The van der Waals surface area contributed by atoms with Crippen LogP contribution in [-0.4, -0.2) is 58.2 Å². The topological polar surface area (TPSA) is 61.4 Å². The molecule has 0 radical (unpaired) electrons. The van der Waals surface area contributed by atoms with Crippen molar-refractivity contribution < 1.29 is 4.79 Å². The summed E-state index contributed by atoms with van der Waals surface area (Å²) >= 11 is 0. The van der Waals surface area contributed by atoms with Crippen LogP contribution in [0.1, 0.15) is 20.3 Å². The highest BCUT2D eigenvalue weighted by molar-refractivity contribution is 5.88. The highest BCUT2D eigenvalue weighted by atomic mass is 16.2. The van der Waals surface area contributed by atoms with Crippen LogP contribution in [0, 0.1) is 0 Å². The molecule has 0 aromatic carbocycles. The molecule has 19 heavy (non-hydrogen) atoms. The monoisotopic (exact) mass is 263 g/mol. The summed E-state index contributed by atoms with van der Waals surface area (Å²) in [4.78, 5) is 16.3. The fourth-order valence-corrected chi connectivity index (χ4v) is 2.52. The molecule has 6 nitrogen and oxygen atoms in total. The van der Waals surface area contributed by atoms with Crippen LogP contribution in [0.25, 0.3) is 0 Å². The number of likely N-dealkylation sites (tertiary alicyclic amines) is 1. The molecule has 1 aliphatic heterocycles. The summed E-state index contributed by atoms with van der Waals surface area (Å²) in [6.07, 6.45) is 2.62. The van der Waals surface area contributed by atoms with Gasteiger partial charge in [-0.15, -0.1) is 5.10 Å². The number of carbonyl (C=O) groups is 1. The molecule has 1 fully saturated rings. The number of hydrogen-bond donors (Lipinski definition) is 1. The van der Waals surface area contributed by atoms with E-state index >= 15 is 0 Å². The smallest absolute Gasteiger partial charge is 0.323 e. The van der Waals surface area contributed by atoms with E-state index in [1.807, 2.05) is 4.90 Å². The Hall–Kier alpha value is -1.69. The first kappa shape index (κ1) is 13.7. The van der Waals surface area contributed by atoms with E-state index < -0.39 is 0 Å². The normalized spacial score (nSPS) is 18.9. The van der Waals surface area contributed by atoms with Crippen LogP contribution in [0.5, 0.6) is 0 Å². The minimum absolute atomic E-state index is 0.0878. The van der Waals surface area contributed by atoms with E-state index in [1.54, 1.807) is 18.3 Å². The van der Waals surface area contributed by atoms with Crippen molar-refractivity contribution in [2.45, 2.75) is 26.3 Å². The quantitative estimate of drug-likeness (QED) is 0.892. The molecule has 104 valence electrons. The third kappa shape index (κ3) is 3.41. The third-order valence-electron chi connectivity index (χ3n) is 3.59. The fraction of sp³-hybridized carbons (Fsp3) is 0.615. The highest BCUT2D eigenvalue weighted by Crippen LogP contribution is 2.16. The zero-order valence-corrected chi connectivity index (χ0v) is 11.5. The minimum atomic E-state index is -0.0878. The van der Waals surface area contributed by atoms with Crippen LogP contribution in [0.15, 0.2) is 18.3 Å². The average molecular weight is 263 g/mol. The second-order valence-corrected chi connectivity index (χ2v) is 4.65. The van der Waals surface area contributed by atoms with Crippen molar-refractivity contribution in [2.24, 2.45) is 0 Å². The van der Waals surface area contributed by atoms with Crippen LogP contribution >= 0.6 is 0 Å². The molecule has 0 bridgehead atoms. The van der Waals surface area contributed by atoms with Gasteiger partial charge >= 0.3 is 6.03 Å². The number of nitrogens with one attached hydrogen (secondary N) is 1. The molecule has 2 amide bonds. The lowest BCUT2D eigenvalue weighted by molar-refractivity contribution is 0.202. The third-order valence-corrected chi connectivity index (χ3v) is 3.59. The molecule has 2 heterocycles. The van der Waals surface area contributed by atoms with Gasteiger partial charge in [0.15, 0.2) is 5.82 Å². The van der Waals surface area contributed by atoms with Crippen molar-refractivity contribution in [1.29, 1.82) is 0 Å². The van der Waals surface area contributed by atoms with Crippen LogP contribution < -0.4 is 5.32 Å². The summed E-state index contributed by atoms with van der Waals surface area (Å²) in [6.45, 7) is 7.96. The van der Waals surface area contributed by atoms with Crippen LogP contribution in [-0.2, 0) is 0 Å². The molecule has 0 saturated carbocycles. The highest BCUT2D eigenvalue weighted by Gasteiger charge is 2.29. The van der Waals surface area contributed by atoms with E-state index in [1.165, 1.54) is 0 Å². The summed E-state index contributed by atoms with van der Waals surface area (Å²) in [7, 11) is 0. The van der Waals surface area contributed by atoms with Gasteiger partial charge in [0.25, 0.3) is 0 Å². The maximum atomic E-state index is 12.1. The molecule has 1 atom stereocenters. The summed E-state index contributed by atoms with van der Waals surface area (Å²) in [5.41, 5.74) is 0. The summed E-state index contributed by atoms with van der Waals surface area (Å²) in [5.74, 6) is 0.499. The largest absolute Gasteiger partial charge is 0.323 e. The number of likely N-dealkylation sites (N-methyl/N-ethyl adjacent to an activating group) is 1. The van der Waals surface area contributed by atoms with E-state index in [4.69, 9.17) is 0 Å². The van der Waals surface area contributed by atoms with Crippen molar-refractivity contribution in [3.63, 3.8) is 0 Å². The van der Waals surface area contributed by atoms with Gasteiger partial charge in [0.1, 0.15) is 0 Å². The molecule has 6 heteroatoms. The van der Waals surface area contributed by atoms with Crippen molar-refractivity contribution in [3.8, 4) is 0 Å². The van der Waals surface area contributed by atoms with E-state index in [9.17, 15) is 4.79 Å². The van der Waals surface area contributed by atoms with Gasteiger partial charge in [0.2, 0.25) is 0 Å². The fourth-order valence-electron chi connectivity index (χ4n) is 2.52. The maximum Gasteiger partial charge on any atom is 0.323 e. The summed E-state index contributed by atoms with van der Waals surface area (Å²) in [6, 6.07) is 3.88. The second kappa shape index (κ2) is 6.47. The number of aromatic nitrogens is 2. The van der Waals surface area contributed by atoms with Crippen LogP contribution in [0.3, 0.4) is 0 Å². The molecule has 2 rings (SSSR count). The Bertz CT molecular complexity index is 407. The van der Waals surface area contributed by atoms with Crippen LogP contribution in [0.4, 0.5) is 10.6 Å². The predicted octanol–water partition coefficient (Wildman–Crippen LogP) is 1.42. The first-order chi connectivity index (χ1) is 9.24. The predicted molar refractivity (Wildman–Crippen MR) is 73.9 cm³/mol. The summed E-state index contributed by atoms with van der Waals surface area (Å²) in [5, 5.41) is 10.4. The molecule has 1 aromatic heterocycles. The Balaban J connectivity index is 1.88. The van der Waals surface area contributed by atoms with Gasteiger partial charge in [-0.25, -0.2) is 4.79 Å². The number of carbonyl (C=O) groups excluding carboxylic acids is 1. The number of rotatable bonds is 4. The van der Waals surface area contributed by atoms with E-state index in [-0.39, 0.29) is 6.03 Å². The van der Waals surface area contributed by atoms with Gasteiger partial charge in [-0.2, -0.15) is 5.10 Å². The molecule has 0 spiro atoms. The molecule has 1 aliphatic rings. The zero-order chi connectivity index (χ0) is 13.7. The number of hydrogen-bond acceptors (Lipinski definition) is 4. The molecule has 1 saturated heterocycles. The second-order valence-electron chi connectivity index (χ2n) is 4.65. The molecule has 0 unspecified atom stereocenters. The van der Waals surface area contributed by atoms with Gasteiger partial charge in [0.05, 0.1) is 0 Å². The Morgan fingerprint density at radius 3 is 2.95 bits per heavy atom. The lowest BCUT2D eigenvalue weighted by Crippen LogP contribution is -2.39. The Kier molecular flexibility index (Phi) is 4.68. The number of urea groups is 1. The number of amides is 2. The van der Waals surface area contributed by atoms with Crippen molar-refractivity contribution in [1.82, 2.24) is 20.0 Å². The zero-order valence-electron chi connectivity index (χ0n) is 11.5. The van der Waals surface area contributed by atoms with Crippen molar-refractivity contribution >= 4 is 11.8 Å². The first-order valence-corrected chi connectivity index (χ1v) is 6.82. The van der Waals surface area contributed by atoms with Gasteiger partial charge in [-0.05, 0) is 31.6 Å². The molecular formula is C13H21N5O. The summed E-state index contributed by atoms with van der Waals surface area (Å²) < 4.78 is 0. The Labute approximate surface area is 113 Å². The van der Waals surface area contributed by atoms with Crippen molar-refractivity contribution in [3.05, 3.63) is 18.3 Å². The van der Waals surface area contributed by atoms with Gasteiger partial charge < -0.3 is 4.90 Å². The molecular weight excluding hydrogens is 242 g/mol. The molecule has 1 N–H and O–H groups in total. The maximum absolute atomic E-state index is 12.1. The Morgan fingerprint density at radius 2 is 2.32 bits per heavy atom. The molecule has 0 aliphatic carbocycles. The lowest BCUT2D eigenvalue weighted by atomic mass is 10.2. The van der Waals surface area contributed by atoms with E-state index in [0.29, 0.717) is 11.9 Å². The van der Waals surface area contributed by atoms with E-state index in [0.717, 1.165) is 32.6 Å². The number of nitrogens with zero attached hydrogens (tertiary/aromatic N) is 4. The average Bonchev–Trinajstić information content (AvgIpc) is 2.91. The SMILES string of the molecule is CCN(CC)[C@H]1CCN(C(=O)Nc2cccnn2)C1. The van der Waals surface area contributed by atoms with E-state index in [2.05, 4.69) is 34.3 Å².